The van der Waals surface area contributed by atoms with E-state index < -0.39 is 38.1 Å². The van der Waals surface area contributed by atoms with Crippen molar-refractivity contribution in [1.82, 2.24) is 0 Å². The van der Waals surface area contributed by atoms with E-state index in [1.54, 1.807) is 111 Å². The molecule has 0 N–H and O–H groups in total. The molecule has 0 saturated heterocycles. The van der Waals surface area contributed by atoms with Gasteiger partial charge in [0.2, 0.25) is 0 Å². The Bertz CT molecular complexity index is 3700. The normalized spacial score (nSPS) is 10.2. The molecule has 0 fully saturated rings. The molecule has 3 nitrogen and oxygen atoms in total. The van der Waals surface area contributed by atoms with E-state index in [9.17, 15) is 47.8 Å². The van der Waals surface area contributed by atoms with Gasteiger partial charge in [0.05, 0.1) is 9.92 Å². The van der Waals surface area contributed by atoms with Gasteiger partial charge in [-0.15, -0.1) is 0 Å². The van der Waals surface area contributed by atoms with Gasteiger partial charge in [-0.05, 0) is 230 Å². The van der Waals surface area contributed by atoms with Crippen LogP contribution in [-0.4, -0.2) is 25.1 Å². The predicted molar refractivity (Wildman–Crippen MR) is 367 cm³/mol. The largest absolute Gasteiger partial charge is 0.255 e. The van der Waals surface area contributed by atoms with E-state index >= 15 is 0 Å². The van der Waals surface area contributed by atoms with Crippen LogP contribution in [0, 0.1) is 116 Å². The maximum atomic E-state index is 12.5. The Morgan fingerprint density at radius 3 is 1.12 bits per heavy atom. The van der Waals surface area contributed by atoms with Gasteiger partial charge in [0, 0.05) is 53.3 Å². The molecule has 0 radical (unpaired) electrons. The number of hydrogen-bond donors (Lipinski definition) is 0. The minimum Gasteiger partial charge on any atom is -0.255 e. The summed E-state index contributed by atoms with van der Waals surface area (Å²) in [6.45, 7) is 18.4. The Morgan fingerprint density at radius 2 is 0.758 bits per heavy atom. The first-order chi connectivity index (χ1) is 42.5. The summed E-state index contributed by atoms with van der Waals surface area (Å²) in [5.41, 5.74) is 9.14. The van der Waals surface area contributed by atoms with E-state index in [0.717, 1.165) is 55.4 Å². The minimum absolute atomic E-state index is 0.132. The zero-order valence-corrected chi connectivity index (χ0v) is 58.1. The highest BCUT2D eigenvalue weighted by Gasteiger charge is 2.08. The summed E-state index contributed by atoms with van der Waals surface area (Å²) >= 11 is 33.6. The number of hydrogen-bond acceptors (Lipinski definition) is 3. The van der Waals surface area contributed by atoms with Crippen molar-refractivity contribution >= 4 is 90.2 Å². The smallest absolute Gasteiger partial charge is 0.194 e. The van der Waals surface area contributed by atoms with E-state index in [4.69, 9.17) is 69.6 Å². The summed E-state index contributed by atoms with van der Waals surface area (Å²) < 4.78 is 131. The van der Waals surface area contributed by atoms with Crippen molar-refractivity contribution in [2.75, 3.05) is 12.5 Å². The van der Waals surface area contributed by atoms with E-state index in [1.165, 1.54) is 61.2 Å². The second kappa shape index (κ2) is 43.3. The molecule has 0 amide bonds. The van der Waals surface area contributed by atoms with Gasteiger partial charge in [-0.1, -0.05) is 171 Å². The molecule has 0 heterocycles. The minimum atomic E-state index is -3.02. The zero-order valence-electron chi connectivity index (χ0n) is 52.0. The Kier molecular flexibility index (Phi) is 39.3. The molecule has 0 aliphatic carbocycles. The van der Waals surface area contributed by atoms with Crippen molar-refractivity contribution in [3.05, 3.63) is 339 Å². The van der Waals surface area contributed by atoms with Crippen molar-refractivity contribution in [3.8, 4) is 0 Å². The first-order valence-electron chi connectivity index (χ1n) is 27.1. The first kappa shape index (κ1) is 82.5. The fourth-order valence-corrected chi connectivity index (χ4v) is 8.90. The second-order valence-electron chi connectivity index (χ2n) is 19.9. The number of rotatable bonds is 2. The highest BCUT2D eigenvalue weighted by atomic mass is 35.5. The van der Waals surface area contributed by atoms with Crippen LogP contribution < -0.4 is 0 Å². The molecule has 1 atom stereocenters. The Balaban J connectivity index is 0.000000506. The molecule has 10 rings (SSSR count). The fraction of sp³-hybridized carbons (Fsp3) is 0.167. The number of benzene rings is 10. The maximum Gasteiger partial charge on any atom is 0.194 e. The molecule has 0 spiro atoms. The van der Waals surface area contributed by atoms with Crippen molar-refractivity contribution < 1.29 is 47.8 Å². The molecule has 486 valence electrons. The van der Waals surface area contributed by atoms with Gasteiger partial charge in [0.15, 0.2) is 27.3 Å². The van der Waals surface area contributed by atoms with Crippen LogP contribution in [0.2, 0.25) is 30.1 Å². The summed E-state index contributed by atoms with van der Waals surface area (Å²) in [5.74, 6) is -4.77. The van der Waals surface area contributed by atoms with E-state index in [-0.39, 0.29) is 34.1 Å². The van der Waals surface area contributed by atoms with Crippen LogP contribution in [0.5, 0.6) is 0 Å². The molecule has 0 aliphatic rings. The van der Waals surface area contributed by atoms with Gasteiger partial charge >= 0.3 is 0 Å². The van der Waals surface area contributed by atoms with Crippen molar-refractivity contribution in [2.24, 2.45) is 0 Å². The lowest BCUT2D eigenvalue weighted by Gasteiger charge is -1.96. The van der Waals surface area contributed by atoms with Gasteiger partial charge in [-0.3, -0.25) is 4.21 Å². The van der Waals surface area contributed by atoms with Crippen LogP contribution in [0.25, 0.3) is 0 Å². The Morgan fingerprint density at radius 1 is 0.319 bits per heavy atom. The van der Waals surface area contributed by atoms with Crippen molar-refractivity contribution in [1.29, 1.82) is 0 Å². The third-order valence-corrected chi connectivity index (χ3v) is 15.0. The summed E-state index contributed by atoms with van der Waals surface area (Å²) in [6.07, 6.45) is 2.89. The number of aryl methyl sites for hydroxylation is 10. The quantitative estimate of drug-likeness (QED) is 0.128. The van der Waals surface area contributed by atoms with E-state index in [1.807, 2.05) is 109 Å². The lowest BCUT2D eigenvalue weighted by Crippen LogP contribution is -1.95. The van der Waals surface area contributed by atoms with Crippen LogP contribution in [0.3, 0.4) is 0 Å². The predicted octanol–water partition coefficient (Wildman–Crippen LogP) is 24.1. The molecule has 1 unspecified atom stereocenters. The van der Waals surface area contributed by atoms with Crippen molar-refractivity contribution in [3.63, 3.8) is 0 Å². The third kappa shape index (κ3) is 37.6. The summed E-state index contributed by atoms with van der Waals surface area (Å²) in [4.78, 5) is 1.27. The molecule has 0 bridgehead atoms. The van der Waals surface area contributed by atoms with Gasteiger partial charge in [-0.25, -0.2) is 43.5 Å². The van der Waals surface area contributed by atoms with Gasteiger partial charge in [-0.2, -0.15) is 0 Å². The molecular formula is C72H70Cl6F8O3S2. The standard InChI is InChI=1S/C8H10O2S.C8H10OS.2C7H6Cl2.2C7H6ClF.C7H5F3.3C7H7F/c1-7-3-5-8(6-4-7)11(2,9)10;1-7-3-5-8(6-4-7)10(2)9;1-5-2-6(8)4-7(9)3-5;2*1-5-2-3-6(8)4-7(5)9;1-5-2-3-7(9)6(8)4-5;1-4-2-5(8)7(10)6(9)3-4;1-6-2-4-7(8)5-3-6;1-6-3-2-4-7(8)5-6;1-6-4-2-3-5-7(6)8/h3-6H,1-2H3;3-6H,1-2H3;4*2-4H,1H3;2-3H,1H3;3*2-5H,1H3. The number of halogens is 14. The number of sulfone groups is 1. The molecule has 10 aromatic rings. The monoisotopic (exact) mass is 1410 g/mol. The highest BCUT2D eigenvalue weighted by molar-refractivity contribution is 7.90. The van der Waals surface area contributed by atoms with E-state index in [0.29, 0.717) is 41.7 Å². The van der Waals surface area contributed by atoms with Crippen LogP contribution in [0.15, 0.2) is 216 Å². The first-order valence-corrected chi connectivity index (χ1v) is 32.8. The Hall–Kier alpha value is -6.52. The van der Waals surface area contributed by atoms with Crippen molar-refractivity contribution in [2.45, 2.75) is 79.0 Å². The van der Waals surface area contributed by atoms with Crippen LogP contribution in [-0.2, 0) is 20.6 Å². The SMILES string of the molecule is Cc1cc(Cl)cc(Cl)c1.Cc1cc(F)c(F)c(F)c1.Cc1ccc(Cl)cc1Cl.Cc1ccc(Cl)cc1F.Cc1ccc(F)c(Cl)c1.Cc1ccc(F)cc1.Cc1ccc(S(C)(=O)=O)cc1.Cc1ccc(S(C)=O)cc1.Cc1cccc(F)c1.Cc1ccccc1F. The lowest BCUT2D eigenvalue weighted by atomic mass is 10.2. The summed E-state index contributed by atoms with van der Waals surface area (Å²) in [7, 11) is -3.86. The summed E-state index contributed by atoms with van der Waals surface area (Å²) in [5, 5.41) is 3.43. The average molecular weight is 1410 g/mol. The molecular weight excluding hydrogens is 1340 g/mol. The van der Waals surface area contributed by atoms with Gasteiger partial charge in [0.1, 0.15) is 29.1 Å². The van der Waals surface area contributed by atoms with Gasteiger partial charge < -0.3 is 0 Å². The molecule has 91 heavy (non-hydrogen) atoms. The molecule has 0 saturated carbocycles. The maximum absolute atomic E-state index is 12.5. The molecule has 0 aliphatic heterocycles. The average Bonchev–Trinajstić information content (AvgIpc) is 1.92. The topological polar surface area (TPSA) is 51.2 Å². The van der Waals surface area contributed by atoms with Crippen LogP contribution in [0.1, 0.15) is 55.6 Å². The Labute approximate surface area is 564 Å². The third-order valence-electron chi connectivity index (χ3n) is 11.3. The highest BCUT2D eigenvalue weighted by Crippen LogP contribution is 2.21. The van der Waals surface area contributed by atoms with Gasteiger partial charge in [0.25, 0.3) is 0 Å². The molecule has 0 aromatic heterocycles. The zero-order chi connectivity index (χ0) is 69.1. The lowest BCUT2D eigenvalue weighted by molar-refractivity contribution is 0.446. The second-order valence-corrected chi connectivity index (χ2v) is 25.8. The van der Waals surface area contributed by atoms with E-state index in [2.05, 4.69) is 0 Å². The van der Waals surface area contributed by atoms with Crippen LogP contribution >= 0.6 is 69.6 Å². The molecule has 19 heteroatoms. The summed E-state index contributed by atoms with van der Waals surface area (Å²) in [6, 6.07) is 56.2. The fourth-order valence-electron chi connectivity index (χ4n) is 6.31. The molecule has 10 aromatic carbocycles. The van der Waals surface area contributed by atoms with Crippen LogP contribution in [0.4, 0.5) is 35.1 Å².